The van der Waals surface area contributed by atoms with Crippen LogP contribution in [0.25, 0.3) is 0 Å². The average molecular weight is 901 g/mol. The lowest BCUT2D eigenvalue weighted by molar-refractivity contribution is -0.333. The highest BCUT2D eigenvalue weighted by Crippen LogP contribution is 2.47. The van der Waals surface area contributed by atoms with E-state index in [0.29, 0.717) is 36.8 Å². The van der Waals surface area contributed by atoms with Gasteiger partial charge in [0.05, 0.1) is 49.3 Å². The van der Waals surface area contributed by atoms with Crippen molar-refractivity contribution in [2.24, 2.45) is 29.6 Å². The van der Waals surface area contributed by atoms with E-state index in [1.807, 2.05) is 39.0 Å². The van der Waals surface area contributed by atoms with Crippen LogP contribution in [0.3, 0.4) is 0 Å². The molecule has 0 radical (unpaired) electrons. The van der Waals surface area contributed by atoms with Gasteiger partial charge in [-0.05, 0) is 62.8 Å². The standard InChI is InChI=1S/C50H76O14/c1-13-26(2)42-29(5)19-20-49(64-42)24-36-22-35(63-49)18-17-28(4)41(27(3)15-14-16-34-25-57-46-40(51)30(6)21-37(47(52)60-36)50(34,46)53)61-39-23-38(54-10)44(32(8)58-39)62-48-31(7)43(55-11)45(56-12)33(9)59-48/h14-17,19-21,26-27,29,31-33,35-46,48,51,53H,13,18,22-25H2,1-12H3/b15-14+,28-17+,34-16+/t26-,27-,29-,31?,32-,33-,35+,36-,37-,38-,39-,40+,41-,42+,43+,44-,45-,46+,48+,49+,50+/m0/s1. The zero-order chi connectivity index (χ0) is 46.2. The van der Waals surface area contributed by atoms with Crippen LogP contribution >= 0.6 is 0 Å². The van der Waals surface area contributed by atoms with E-state index in [0.717, 1.165) is 12.0 Å². The van der Waals surface area contributed by atoms with Gasteiger partial charge in [0.25, 0.3) is 0 Å². The lowest BCUT2D eigenvalue weighted by Gasteiger charge is -2.48. The lowest BCUT2D eigenvalue weighted by Crippen LogP contribution is -2.58. The number of aliphatic hydroxyl groups is 2. The van der Waals surface area contributed by atoms with Crippen molar-refractivity contribution in [2.45, 2.75) is 192 Å². The maximum Gasteiger partial charge on any atom is 0.316 e. The number of rotatable bonds is 9. The van der Waals surface area contributed by atoms with Crippen LogP contribution in [0.1, 0.15) is 94.4 Å². The van der Waals surface area contributed by atoms with Gasteiger partial charge in [-0.2, -0.15) is 0 Å². The molecular weight excluding hydrogens is 825 g/mol. The Morgan fingerprint density at radius 2 is 1.61 bits per heavy atom. The first-order valence-electron chi connectivity index (χ1n) is 23.7. The number of fused-ring (bicyclic) bond motifs is 2. The lowest BCUT2D eigenvalue weighted by atomic mass is 9.71. The fraction of sp³-hybridized carbons (Fsp3) is 0.780. The van der Waals surface area contributed by atoms with Crippen molar-refractivity contribution in [1.82, 2.24) is 0 Å². The summed E-state index contributed by atoms with van der Waals surface area (Å²) in [5, 5.41) is 23.8. The second kappa shape index (κ2) is 20.5. The zero-order valence-electron chi connectivity index (χ0n) is 40.0. The Morgan fingerprint density at radius 1 is 0.875 bits per heavy atom. The highest BCUT2D eigenvalue weighted by atomic mass is 16.7. The number of esters is 1. The molecule has 1 spiro atoms. The smallest absolute Gasteiger partial charge is 0.316 e. The molecule has 0 aromatic carbocycles. The maximum atomic E-state index is 14.4. The summed E-state index contributed by atoms with van der Waals surface area (Å²) >= 11 is 0. The molecule has 14 heteroatoms. The second-order valence-corrected chi connectivity index (χ2v) is 19.7. The van der Waals surface area contributed by atoms with E-state index in [2.05, 4.69) is 46.8 Å². The number of carbonyl (C=O) groups excluding carboxylic acids is 1. The third-order valence-corrected chi connectivity index (χ3v) is 15.2. The van der Waals surface area contributed by atoms with Crippen LogP contribution in [-0.4, -0.2) is 141 Å². The predicted molar refractivity (Wildman–Crippen MR) is 237 cm³/mol. The van der Waals surface area contributed by atoms with Gasteiger partial charge in [0, 0.05) is 58.3 Å². The minimum absolute atomic E-state index is 0.0368. The van der Waals surface area contributed by atoms with Gasteiger partial charge in [-0.25, -0.2) is 0 Å². The molecule has 0 aromatic heterocycles. The Labute approximate surface area is 380 Å². The zero-order valence-corrected chi connectivity index (χ0v) is 40.0. The predicted octanol–water partition coefficient (Wildman–Crippen LogP) is 6.28. The van der Waals surface area contributed by atoms with Crippen molar-refractivity contribution in [2.75, 3.05) is 27.9 Å². The number of carbonyl (C=O) groups is 1. The molecule has 4 fully saturated rings. The number of hydrogen-bond donors (Lipinski definition) is 2. The van der Waals surface area contributed by atoms with E-state index < -0.39 is 72.5 Å². The molecule has 6 heterocycles. The van der Waals surface area contributed by atoms with Crippen molar-refractivity contribution in [1.29, 1.82) is 0 Å². The number of ether oxygens (including phenoxy) is 11. The number of aliphatic hydroxyl groups excluding tert-OH is 1. The van der Waals surface area contributed by atoms with Crippen LogP contribution in [0.2, 0.25) is 0 Å². The Morgan fingerprint density at radius 3 is 2.31 bits per heavy atom. The van der Waals surface area contributed by atoms with Gasteiger partial charge in [-0.3, -0.25) is 4.79 Å². The van der Waals surface area contributed by atoms with Crippen LogP contribution < -0.4 is 0 Å². The molecule has 0 aromatic rings. The summed E-state index contributed by atoms with van der Waals surface area (Å²) in [5.74, 6) is -2.66. The fourth-order valence-electron chi connectivity index (χ4n) is 11.2. The molecule has 7 rings (SSSR count). The Kier molecular flexibility index (Phi) is 15.9. The molecule has 7 aliphatic rings. The van der Waals surface area contributed by atoms with Gasteiger partial charge < -0.3 is 62.3 Å². The first-order valence-corrected chi connectivity index (χ1v) is 23.7. The van der Waals surface area contributed by atoms with Crippen molar-refractivity contribution < 1.29 is 67.1 Å². The molecule has 14 nitrogen and oxygen atoms in total. The summed E-state index contributed by atoms with van der Waals surface area (Å²) in [6.45, 7) is 18.4. The van der Waals surface area contributed by atoms with Gasteiger partial charge in [-0.15, -0.1) is 0 Å². The van der Waals surface area contributed by atoms with Gasteiger partial charge in [-0.1, -0.05) is 77.5 Å². The highest BCUT2D eigenvalue weighted by Gasteiger charge is 2.60. The van der Waals surface area contributed by atoms with E-state index in [9.17, 15) is 15.0 Å². The number of allylic oxidation sites excluding steroid dienone is 2. The van der Waals surface area contributed by atoms with E-state index >= 15 is 0 Å². The summed E-state index contributed by atoms with van der Waals surface area (Å²) in [7, 11) is 5.02. The highest BCUT2D eigenvalue weighted by molar-refractivity contribution is 5.78. The summed E-state index contributed by atoms with van der Waals surface area (Å²) in [6.07, 6.45) is 9.40. The molecule has 64 heavy (non-hydrogen) atoms. The Bertz CT molecular complexity index is 1780. The molecule has 0 amide bonds. The van der Waals surface area contributed by atoms with Gasteiger partial charge in [0.1, 0.15) is 42.0 Å². The minimum Gasteiger partial charge on any atom is -0.462 e. The van der Waals surface area contributed by atoms with Gasteiger partial charge >= 0.3 is 5.97 Å². The first-order chi connectivity index (χ1) is 30.5. The van der Waals surface area contributed by atoms with Crippen molar-refractivity contribution in [3.8, 4) is 0 Å². The molecule has 360 valence electrons. The monoisotopic (exact) mass is 901 g/mol. The topological polar surface area (TPSA) is 159 Å². The van der Waals surface area contributed by atoms with Crippen LogP contribution in [0.5, 0.6) is 0 Å². The quantitative estimate of drug-likeness (QED) is 0.197. The summed E-state index contributed by atoms with van der Waals surface area (Å²) < 4.78 is 70.5. The Hall–Kier alpha value is -2.31. The Balaban J connectivity index is 1.18. The molecule has 1 unspecified atom stereocenters. The average Bonchev–Trinajstić information content (AvgIpc) is 3.61. The third-order valence-electron chi connectivity index (χ3n) is 15.2. The molecule has 1 aliphatic carbocycles. The number of hydrogen-bond acceptors (Lipinski definition) is 14. The molecule has 21 atom stereocenters. The van der Waals surface area contributed by atoms with E-state index in [-0.39, 0.29) is 66.9 Å². The SMILES string of the molecule is CC[C@H](C)[C@H]1O[C@]2(C=C[C@@H]1C)C[C@@H]1C[C@@H](C/C=C(\C)[C@@H](O[C@H]3C[C@H](OC)[C@@H](O[C@H]4O[C@@H](C)[C@H](OC)[C@H](OC)C4C)[C@H](C)O3)[C@@H](C)/C=C/C=C3\CO[C@@H]4[C@H](O)C(C)=C[C@@H](C(=O)O1)[C@]34O)O2. The summed E-state index contributed by atoms with van der Waals surface area (Å²) in [4.78, 5) is 14.4. The van der Waals surface area contributed by atoms with Crippen molar-refractivity contribution in [3.05, 3.63) is 59.3 Å². The third kappa shape index (κ3) is 9.82. The van der Waals surface area contributed by atoms with Crippen LogP contribution in [0, 0.1) is 29.6 Å². The molecule has 6 aliphatic heterocycles. The minimum atomic E-state index is -1.83. The van der Waals surface area contributed by atoms with Crippen LogP contribution in [-0.2, 0) is 56.9 Å². The molecular formula is C50H76O14. The number of methoxy groups -OCH3 is 3. The maximum absolute atomic E-state index is 14.4. The summed E-state index contributed by atoms with van der Waals surface area (Å²) in [5.41, 5.74) is 0.161. The van der Waals surface area contributed by atoms with E-state index in [4.69, 9.17) is 52.1 Å². The van der Waals surface area contributed by atoms with Gasteiger partial charge in [0.2, 0.25) is 0 Å². The van der Waals surface area contributed by atoms with Crippen molar-refractivity contribution >= 4 is 5.97 Å². The molecule has 0 saturated carbocycles. The normalized spacial score (nSPS) is 49.2. The van der Waals surface area contributed by atoms with E-state index in [1.54, 1.807) is 40.4 Å². The van der Waals surface area contributed by atoms with E-state index in [1.165, 1.54) is 0 Å². The molecule has 2 bridgehead atoms. The van der Waals surface area contributed by atoms with Gasteiger partial charge in [0.15, 0.2) is 18.4 Å². The first kappa shape index (κ1) is 49.6. The largest absolute Gasteiger partial charge is 0.462 e. The van der Waals surface area contributed by atoms with Crippen molar-refractivity contribution in [3.63, 3.8) is 0 Å². The fourth-order valence-corrected chi connectivity index (χ4v) is 11.2. The summed E-state index contributed by atoms with van der Waals surface area (Å²) in [6, 6.07) is 0. The second-order valence-electron chi connectivity index (χ2n) is 19.7. The molecule has 4 saturated heterocycles. The van der Waals surface area contributed by atoms with Crippen LogP contribution in [0.4, 0.5) is 0 Å². The molecule has 2 N–H and O–H groups in total. The van der Waals surface area contributed by atoms with Crippen LogP contribution in [0.15, 0.2) is 59.3 Å².